The number of primary amides is 1. The van der Waals surface area contributed by atoms with Crippen LogP contribution in [-0.4, -0.2) is 36.4 Å². The first-order valence-electron chi connectivity index (χ1n) is 10.9. The maximum absolute atomic E-state index is 14.1. The Hall–Kier alpha value is -3.93. The number of nitrogens with two attached hydrogens (primary N) is 1. The Kier molecular flexibility index (Phi) is 5.47. The predicted octanol–water partition coefficient (Wildman–Crippen LogP) is 2.07. The lowest BCUT2D eigenvalue weighted by Crippen LogP contribution is -2.33. The molecule has 0 unspecified atom stereocenters. The van der Waals surface area contributed by atoms with Crippen molar-refractivity contribution in [2.75, 3.05) is 11.9 Å². The van der Waals surface area contributed by atoms with E-state index in [4.69, 9.17) is 10.5 Å². The van der Waals surface area contributed by atoms with Crippen LogP contribution in [0, 0.1) is 11.7 Å². The second kappa shape index (κ2) is 8.38. The van der Waals surface area contributed by atoms with Crippen molar-refractivity contribution in [2.45, 2.75) is 30.7 Å². The number of hydrogen-bond acceptors (Lipinski definition) is 7. The molecule has 182 valence electrons. The average Bonchev–Trinajstić information content (AvgIpc) is 3.62. The standard InChI is InChI=1S/C23H21FN4O6S/c24-13-6-7-16-14(10-13)20(30)19(23(31)28(16)9-8-12-4-5-12)22-26-15-2-1-3-17(34-11-18(25)29)21(15)35(32,33)27-22/h1-3,6-7,10,12,30H,4-5,8-9,11H2,(H2,25,29)(H,26,27). The van der Waals surface area contributed by atoms with Crippen molar-refractivity contribution in [3.8, 4) is 11.5 Å². The number of anilines is 1. The number of aromatic nitrogens is 1. The van der Waals surface area contributed by atoms with Crippen LogP contribution in [0.5, 0.6) is 11.5 Å². The number of aromatic hydroxyl groups is 1. The molecule has 5 rings (SSSR count). The maximum Gasteiger partial charge on any atom is 0.290 e. The second-order valence-corrected chi connectivity index (χ2v) is 10.0. The molecule has 0 bridgehead atoms. The zero-order chi connectivity index (χ0) is 24.9. The molecule has 3 aromatic rings. The van der Waals surface area contributed by atoms with Crippen LogP contribution in [0.2, 0.25) is 0 Å². The van der Waals surface area contributed by atoms with Gasteiger partial charge in [-0.25, -0.2) is 4.39 Å². The monoisotopic (exact) mass is 500 g/mol. The summed E-state index contributed by atoms with van der Waals surface area (Å²) in [4.78, 5) is 24.3. The predicted molar refractivity (Wildman–Crippen MR) is 126 cm³/mol. The normalized spacial score (nSPS) is 16.3. The summed E-state index contributed by atoms with van der Waals surface area (Å²) >= 11 is 0. The first kappa shape index (κ1) is 22.8. The Balaban J connectivity index is 1.67. The van der Waals surface area contributed by atoms with E-state index in [-0.39, 0.29) is 21.7 Å². The van der Waals surface area contributed by atoms with E-state index in [0.29, 0.717) is 18.0 Å². The molecular formula is C23H21FN4O6S. The fourth-order valence-corrected chi connectivity index (χ4v) is 5.38. The fourth-order valence-electron chi connectivity index (χ4n) is 4.13. The number of aryl methyl sites for hydroxylation is 1. The van der Waals surface area contributed by atoms with Crippen molar-refractivity contribution >= 4 is 38.4 Å². The van der Waals surface area contributed by atoms with Crippen LogP contribution in [0.3, 0.4) is 0 Å². The van der Waals surface area contributed by atoms with Gasteiger partial charge in [-0.2, -0.15) is 8.42 Å². The number of sulfonamides is 1. The molecule has 35 heavy (non-hydrogen) atoms. The minimum atomic E-state index is -4.43. The number of ether oxygens (including phenoxy) is 1. The summed E-state index contributed by atoms with van der Waals surface area (Å²) in [5.41, 5.74) is 4.39. The van der Waals surface area contributed by atoms with Crippen molar-refractivity contribution in [3.05, 3.63) is 58.1 Å². The van der Waals surface area contributed by atoms with Crippen LogP contribution in [0.1, 0.15) is 24.8 Å². The lowest BCUT2D eigenvalue weighted by molar-refractivity contribution is -0.120. The van der Waals surface area contributed by atoms with E-state index in [1.54, 1.807) is 0 Å². The van der Waals surface area contributed by atoms with Crippen LogP contribution in [0.15, 0.2) is 50.5 Å². The number of carbonyl (C=O) groups is 1. The summed E-state index contributed by atoms with van der Waals surface area (Å²) in [6.07, 6.45) is 2.85. The van der Waals surface area contributed by atoms with Crippen LogP contribution in [0.4, 0.5) is 10.1 Å². The van der Waals surface area contributed by atoms with E-state index in [1.165, 1.54) is 34.9 Å². The first-order valence-corrected chi connectivity index (χ1v) is 12.3. The maximum atomic E-state index is 14.1. The molecule has 2 aliphatic rings. The number of rotatable bonds is 7. The zero-order valence-corrected chi connectivity index (χ0v) is 19.1. The van der Waals surface area contributed by atoms with Gasteiger partial charge in [-0.3, -0.25) is 9.59 Å². The second-order valence-electron chi connectivity index (χ2n) is 8.50. The van der Waals surface area contributed by atoms with Gasteiger partial charge in [0.2, 0.25) is 0 Å². The first-order chi connectivity index (χ1) is 16.7. The molecule has 12 heteroatoms. The molecule has 0 radical (unpaired) electrons. The van der Waals surface area contributed by atoms with E-state index < -0.39 is 51.1 Å². The molecule has 1 aliphatic carbocycles. The summed E-state index contributed by atoms with van der Waals surface area (Å²) < 4.78 is 50.6. The Morgan fingerprint density at radius 2 is 2.06 bits per heavy atom. The fraction of sp³-hybridized carbons (Fsp3) is 0.261. The van der Waals surface area contributed by atoms with E-state index in [0.717, 1.165) is 25.3 Å². The van der Waals surface area contributed by atoms with Crippen LogP contribution in [-0.2, 0) is 21.4 Å². The smallest absolute Gasteiger partial charge is 0.290 e. The lowest BCUT2D eigenvalue weighted by Gasteiger charge is -2.22. The molecule has 1 amide bonds. The van der Waals surface area contributed by atoms with Gasteiger partial charge in [0.25, 0.3) is 21.5 Å². The van der Waals surface area contributed by atoms with Crippen LogP contribution in [0.25, 0.3) is 10.9 Å². The largest absolute Gasteiger partial charge is 0.506 e. The zero-order valence-electron chi connectivity index (χ0n) is 18.3. The number of nitrogens with one attached hydrogen (secondary N) is 1. The van der Waals surface area contributed by atoms with Gasteiger partial charge in [0.05, 0.1) is 11.2 Å². The number of halogens is 1. The number of fused-ring (bicyclic) bond motifs is 2. The highest BCUT2D eigenvalue weighted by atomic mass is 32.2. The van der Waals surface area contributed by atoms with Crippen LogP contribution >= 0.6 is 0 Å². The number of hydrogen-bond donors (Lipinski definition) is 3. The minimum absolute atomic E-state index is 0.0274. The number of pyridine rings is 1. The quantitative estimate of drug-likeness (QED) is 0.449. The molecule has 10 nitrogen and oxygen atoms in total. The Morgan fingerprint density at radius 3 is 2.77 bits per heavy atom. The van der Waals surface area contributed by atoms with E-state index in [1.807, 2.05) is 0 Å². The number of amides is 1. The third-order valence-corrected chi connectivity index (χ3v) is 7.33. The third-order valence-electron chi connectivity index (χ3n) is 5.97. The van der Waals surface area contributed by atoms with Crippen molar-refractivity contribution < 1.29 is 27.4 Å². The molecule has 4 N–H and O–H groups in total. The average molecular weight is 501 g/mol. The highest BCUT2D eigenvalue weighted by Gasteiger charge is 2.33. The summed E-state index contributed by atoms with van der Waals surface area (Å²) in [5, 5.41) is 13.8. The van der Waals surface area contributed by atoms with Crippen molar-refractivity contribution in [3.63, 3.8) is 0 Å². The molecular weight excluding hydrogens is 479 g/mol. The molecule has 0 saturated heterocycles. The van der Waals surface area contributed by atoms with Gasteiger partial charge in [0.15, 0.2) is 17.3 Å². The Morgan fingerprint density at radius 1 is 1.29 bits per heavy atom. The van der Waals surface area contributed by atoms with Gasteiger partial charge in [0.1, 0.15) is 22.9 Å². The molecule has 1 aliphatic heterocycles. The van der Waals surface area contributed by atoms with Crippen LogP contribution < -0.4 is 21.3 Å². The number of amidine groups is 1. The summed E-state index contributed by atoms with van der Waals surface area (Å²) in [6, 6.07) is 7.92. The highest BCUT2D eigenvalue weighted by molar-refractivity contribution is 7.90. The van der Waals surface area contributed by atoms with Crippen molar-refractivity contribution in [1.82, 2.24) is 4.57 Å². The third kappa shape index (κ3) is 4.20. The summed E-state index contributed by atoms with van der Waals surface area (Å²) in [7, 11) is -4.43. The number of carbonyl (C=O) groups excluding carboxylic acids is 1. The van der Waals surface area contributed by atoms with Crippen molar-refractivity contribution in [2.24, 2.45) is 16.0 Å². The highest BCUT2D eigenvalue weighted by Crippen LogP contribution is 2.38. The SMILES string of the molecule is NC(=O)COc1cccc2c1S(=O)(=O)N=C(c1c(O)c3cc(F)ccc3n(CCC3CC3)c1=O)N2. The molecule has 0 spiro atoms. The molecule has 2 aromatic carbocycles. The number of benzene rings is 2. The lowest BCUT2D eigenvalue weighted by atomic mass is 10.1. The summed E-state index contributed by atoms with van der Waals surface area (Å²) in [6.45, 7) is -0.230. The Bertz CT molecular complexity index is 1580. The van der Waals surface area contributed by atoms with E-state index in [2.05, 4.69) is 9.71 Å². The molecule has 1 fully saturated rings. The molecule has 0 atom stereocenters. The van der Waals surface area contributed by atoms with E-state index in [9.17, 15) is 27.5 Å². The van der Waals surface area contributed by atoms with Gasteiger partial charge in [-0.1, -0.05) is 18.9 Å². The van der Waals surface area contributed by atoms with Gasteiger partial charge < -0.3 is 25.5 Å². The minimum Gasteiger partial charge on any atom is -0.506 e. The topological polar surface area (TPSA) is 153 Å². The number of nitrogens with zero attached hydrogens (tertiary/aromatic N) is 2. The Labute approximate surface area is 198 Å². The molecule has 1 saturated carbocycles. The molecule has 2 heterocycles. The van der Waals surface area contributed by atoms with E-state index >= 15 is 0 Å². The van der Waals surface area contributed by atoms with Gasteiger partial charge in [-0.15, -0.1) is 4.40 Å². The van der Waals surface area contributed by atoms with Gasteiger partial charge in [-0.05, 0) is 42.7 Å². The molecule has 1 aromatic heterocycles. The van der Waals surface area contributed by atoms with Gasteiger partial charge in [0, 0.05) is 11.9 Å². The summed E-state index contributed by atoms with van der Waals surface area (Å²) in [5.74, 6) is -2.07. The van der Waals surface area contributed by atoms with Gasteiger partial charge >= 0.3 is 0 Å². The van der Waals surface area contributed by atoms with Crippen molar-refractivity contribution in [1.29, 1.82) is 0 Å².